The highest BCUT2D eigenvalue weighted by molar-refractivity contribution is 7.98. The van der Waals surface area contributed by atoms with Crippen LogP contribution in [0.1, 0.15) is 27.4 Å². The van der Waals surface area contributed by atoms with Crippen molar-refractivity contribution >= 4 is 34.3 Å². The molecule has 0 unspecified atom stereocenters. The summed E-state index contributed by atoms with van der Waals surface area (Å²) in [5.41, 5.74) is 3.19. The van der Waals surface area contributed by atoms with Crippen LogP contribution in [0.5, 0.6) is 0 Å². The van der Waals surface area contributed by atoms with Crippen molar-refractivity contribution in [2.45, 2.75) is 24.5 Å². The maximum Gasteiger partial charge on any atom is 0.336 e. The van der Waals surface area contributed by atoms with Crippen molar-refractivity contribution in [3.05, 3.63) is 87.6 Å². The van der Waals surface area contributed by atoms with Crippen LogP contribution in [0.2, 0.25) is 0 Å². The molecule has 4 aromatic rings. The third-order valence-electron chi connectivity index (χ3n) is 4.56. The largest absolute Gasteiger partial charge is 0.423 e. The number of nitrogens with one attached hydrogen (secondary N) is 1. The van der Waals surface area contributed by atoms with Gasteiger partial charge in [0.15, 0.2) is 0 Å². The van der Waals surface area contributed by atoms with Crippen LogP contribution < -0.4 is 10.9 Å². The summed E-state index contributed by atoms with van der Waals surface area (Å²) in [7, 11) is 0. The highest BCUT2D eigenvalue weighted by atomic mass is 32.2. The van der Waals surface area contributed by atoms with Crippen LogP contribution >= 0.6 is 11.8 Å². The minimum atomic E-state index is -0.404. The highest BCUT2D eigenvalue weighted by Gasteiger charge is 2.15. The van der Waals surface area contributed by atoms with Gasteiger partial charge >= 0.3 is 5.63 Å². The summed E-state index contributed by atoms with van der Waals surface area (Å²) in [5.74, 6) is 1.25. The van der Waals surface area contributed by atoms with Crippen LogP contribution in [-0.4, -0.2) is 11.1 Å². The van der Waals surface area contributed by atoms with E-state index in [0.717, 1.165) is 27.3 Å². The van der Waals surface area contributed by atoms with E-state index in [-0.39, 0.29) is 5.91 Å². The van der Waals surface area contributed by atoms with E-state index in [4.69, 9.17) is 8.94 Å². The van der Waals surface area contributed by atoms with Crippen LogP contribution in [0.3, 0.4) is 0 Å². The molecule has 0 fully saturated rings. The van der Waals surface area contributed by atoms with Gasteiger partial charge in [-0.15, -0.1) is 11.8 Å². The molecule has 1 amide bonds. The smallest absolute Gasteiger partial charge is 0.336 e. The molecule has 1 N–H and O–H groups in total. The molecule has 29 heavy (non-hydrogen) atoms. The van der Waals surface area contributed by atoms with Crippen molar-refractivity contribution in [3.63, 3.8) is 0 Å². The van der Waals surface area contributed by atoms with Crippen molar-refractivity contribution in [1.29, 1.82) is 0 Å². The first-order chi connectivity index (χ1) is 14.0. The molecule has 0 bridgehead atoms. The Hall–Kier alpha value is -3.32. The number of thioether (sulfide) groups is 1. The first-order valence-corrected chi connectivity index (χ1v) is 9.98. The number of aryl methyl sites for hydroxylation is 2. The van der Waals surface area contributed by atoms with Crippen LogP contribution in [0.25, 0.3) is 11.0 Å². The van der Waals surface area contributed by atoms with Crippen LogP contribution in [-0.2, 0) is 5.75 Å². The summed E-state index contributed by atoms with van der Waals surface area (Å²) in [6, 6.07) is 15.6. The third-order valence-corrected chi connectivity index (χ3v) is 5.66. The molecule has 2 aromatic heterocycles. The fourth-order valence-corrected chi connectivity index (χ4v) is 4.19. The van der Waals surface area contributed by atoms with Gasteiger partial charge in [0.2, 0.25) is 0 Å². The van der Waals surface area contributed by atoms with Gasteiger partial charge in [-0.2, -0.15) is 0 Å². The third kappa shape index (κ3) is 4.09. The average Bonchev–Trinajstić information content (AvgIpc) is 3.04. The number of hydrogen-bond acceptors (Lipinski definition) is 6. The van der Waals surface area contributed by atoms with E-state index in [2.05, 4.69) is 10.5 Å². The maximum atomic E-state index is 12.9. The minimum absolute atomic E-state index is 0.205. The van der Waals surface area contributed by atoms with Gasteiger partial charge in [-0.05, 0) is 50.2 Å². The second kappa shape index (κ2) is 7.97. The number of fused-ring (bicyclic) bond motifs is 1. The van der Waals surface area contributed by atoms with Gasteiger partial charge in [-0.1, -0.05) is 17.3 Å². The zero-order valence-electron chi connectivity index (χ0n) is 15.9. The Morgan fingerprint density at radius 3 is 2.72 bits per heavy atom. The summed E-state index contributed by atoms with van der Waals surface area (Å²) in [6.07, 6.45) is 0. The van der Waals surface area contributed by atoms with Gasteiger partial charge in [0, 0.05) is 33.4 Å². The minimum Gasteiger partial charge on any atom is -0.423 e. The fraction of sp³-hybridized carbons (Fsp3) is 0.136. The Bertz CT molecular complexity index is 1240. The van der Waals surface area contributed by atoms with Gasteiger partial charge in [0.1, 0.15) is 11.3 Å². The topological polar surface area (TPSA) is 85.3 Å². The van der Waals surface area contributed by atoms with Crippen molar-refractivity contribution < 1.29 is 13.7 Å². The lowest BCUT2D eigenvalue weighted by Gasteiger charge is -2.10. The van der Waals surface area contributed by atoms with E-state index in [1.165, 1.54) is 6.07 Å². The normalized spacial score (nSPS) is 11.0. The lowest BCUT2D eigenvalue weighted by atomic mass is 10.2. The van der Waals surface area contributed by atoms with Crippen molar-refractivity contribution in [1.82, 2.24) is 5.16 Å². The molecule has 2 aromatic carbocycles. The number of nitrogens with zero attached hydrogens (tertiary/aromatic N) is 1. The van der Waals surface area contributed by atoms with Crippen molar-refractivity contribution in [2.75, 3.05) is 5.32 Å². The molecular formula is C22H18N2O4S. The molecule has 0 aliphatic rings. The van der Waals surface area contributed by atoms with E-state index in [1.54, 1.807) is 42.1 Å². The molecule has 146 valence electrons. The number of carbonyl (C=O) groups excluding carboxylic acids is 1. The number of anilines is 1. The number of aromatic nitrogens is 1. The zero-order chi connectivity index (χ0) is 20.4. The molecule has 6 nitrogen and oxygen atoms in total. The molecule has 7 heteroatoms. The van der Waals surface area contributed by atoms with Crippen LogP contribution in [0.4, 0.5) is 5.69 Å². The van der Waals surface area contributed by atoms with Gasteiger partial charge in [-0.25, -0.2) is 4.79 Å². The van der Waals surface area contributed by atoms with E-state index in [0.29, 0.717) is 22.6 Å². The van der Waals surface area contributed by atoms with Crippen LogP contribution in [0, 0.1) is 13.8 Å². The number of carbonyl (C=O) groups is 1. The standard InChI is InChI=1S/C22H18N2O4S/c1-13-18(14(2)28-24-13)12-29-20-6-4-3-5-17(20)22(26)23-16-8-9-19-15(11-16)7-10-21(25)27-19/h3-11H,12H2,1-2H3,(H,23,26). The molecule has 0 saturated heterocycles. The highest BCUT2D eigenvalue weighted by Crippen LogP contribution is 2.29. The first kappa shape index (κ1) is 19.0. The van der Waals surface area contributed by atoms with Gasteiger partial charge in [-0.3, -0.25) is 4.79 Å². The number of amides is 1. The molecule has 0 aliphatic carbocycles. The molecule has 4 rings (SSSR count). The van der Waals surface area contributed by atoms with E-state index in [9.17, 15) is 9.59 Å². The lowest BCUT2D eigenvalue weighted by Crippen LogP contribution is -2.13. The number of rotatable bonds is 5. The summed E-state index contributed by atoms with van der Waals surface area (Å²) < 4.78 is 10.3. The zero-order valence-corrected chi connectivity index (χ0v) is 16.7. The van der Waals surface area contributed by atoms with Gasteiger partial charge < -0.3 is 14.3 Å². The second-order valence-corrected chi connectivity index (χ2v) is 7.57. The van der Waals surface area contributed by atoms with Crippen molar-refractivity contribution in [2.24, 2.45) is 0 Å². The summed E-state index contributed by atoms with van der Waals surface area (Å²) in [6.45, 7) is 3.79. The summed E-state index contributed by atoms with van der Waals surface area (Å²) >= 11 is 1.57. The van der Waals surface area contributed by atoms with E-state index >= 15 is 0 Å². The van der Waals surface area contributed by atoms with E-state index < -0.39 is 5.63 Å². The SMILES string of the molecule is Cc1noc(C)c1CSc1ccccc1C(=O)Nc1ccc2oc(=O)ccc2c1. The molecule has 0 aliphatic heterocycles. The Morgan fingerprint density at radius 2 is 1.93 bits per heavy atom. The maximum absolute atomic E-state index is 12.9. The predicted octanol–water partition coefficient (Wildman–Crippen LogP) is 4.94. The fourth-order valence-electron chi connectivity index (χ4n) is 2.99. The molecule has 0 saturated carbocycles. The van der Waals surface area contributed by atoms with Crippen LogP contribution in [0.15, 0.2) is 73.2 Å². The van der Waals surface area contributed by atoms with Crippen molar-refractivity contribution in [3.8, 4) is 0 Å². The second-order valence-electron chi connectivity index (χ2n) is 6.55. The first-order valence-electron chi connectivity index (χ1n) is 9.00. The Kier molecular flexibility index (Phi) is 5.22. The lowest BCUT2D eigenvalue weighted by molar-refractivity contribution is 0.102. The molecule has 0 spiro atoms. The van der Waals surface area contributed by atoms with E-state index in [1.807, 2.05) is 32.0 Å². The predicted molar refractivity (Wildman–Crippen MR) is 112 cm³/mol. The monoisotopic (exact) mass is 406 g/mol. The molecule has 2 heterocycles. The molecule has 0 radical (unpaired) electrons. The number of benzene rings is 2. The Balaban J connectivity index is 1.54. The summed E-state index contributed by atoms with van der Waals surface area (Å²) in [5, 5.41) is 7.63. The molecular weight excluding hydrogens is 388 g/mol. The quantitative estimate of drug-likeness (QED) is 0.373. The average molecular weight is 406 g/mol. The summed E-state index contributed by atoms with van der Waals surface area (Å²) in [4.78, 5) is 25.1. The van der Waals surface area contributed by atoms with Gasteiger partial charge in [0.05, 0.1) is 11.3 Å². The van der Waals surface area contributed by atoms with Gasteiger partial charge in [0.25, 0.3) is 5.91 Å². The Labute approximate surface area is 170 Å². The molecule has 0 atom stereocenters. The Morgan fingerprint density at radius 1 is 1.10 bits per heavy atom. The number of hydrogen-bond donors (Lipinski definition) is 1.